The van der Waals surface area contributed by atoms with Gasteiger partial charge in [-0.3, -0.25) is 15.2 Å². The van der Waals surface area contributed by atoms with Crippen LogP contribution in [-0.2, 0) is 9.53 Å². The number of carbonyl (C=O) groups is 1. The molecular formula is C29H30F2N6O6. The van der Waals surface area contributed by atoms with E-state index in [-0.39, 0.29) is 35.9 Å². The number of nitrogens with two attached hydrogens (primary N) is 1. The Hall–Kier alpha value is -4.98. The minimum atomic E-state index is -1.34. The molecule has 2 aliphatic heterocycles. The van der Waals surface area contributed by atoms with E-state index < -0.39 is 53.0 Å². The van der Waals surface area contributed by atoms with Crippen molar-refractivity contribution in [1.82, 2.24) is 15.2 Å². The number of pyridine rings is 1. The number of halogens is 2. The van der Waals surface area contributed by atoms with E-state index >= 15 is 8.78 Å². The standard InChI is InChI=1S/C29H30F2N6O6/c1-3-40-29(39)23-19(9-10-34-23)42-24-21(30)27(41-17-6-4-5-16(13-17)26-35-11-12-37(26)2)36-28(22(24)31)43-20-14-15(25(32)33)7-8-18(20)38/h4-8,13-14,19,23,34,38H,3,9-12H2,1-2H3,(H3,32,33). The largest absolute Gasteiger partial charge is 0.504 e. The van der Waals surface area contributed by atoms with Crippen molar-refractivity contribution >= 4 is 17.6 Å². The highest BCUT2D eigenvalue weighted by atomic mass is 19.1. The molecule has 5 rings (SSSR count). The van der Waals surface area contributed by atoms with Crippen molar-refractivity contribution in [2.45, 2.75) is 25.5 Å². The lowest BCUT2D eigenvalue weighted by Gasteiger charge is -2.21. The van der Waals surface area contributed by atoms with Gasteiger partial charge in [0.1, 0.15) is 29.6 Å². The summed E-state index contributed by atoms with van der Waals surface area (Å²) in [6, 6.07) is 9.49. The number of amidine groups is 2. The van der Waals surface area contributed by atoms with Gasteiger partial charge in [0.15, 0.2) is 11.5 Å². The molecule has 3 aromatic rings. The Morgan fingerprint density at radius 1 is 1.19 bits per heavy atom. The minimum Gasteiger partial charge on any atom is -0.504 e. The second-order valence-electron chi connectivity index (χ2n) is 9.76. The number of nitrogens with zero attached hydrogens (tertiary/aromatic N) is 3. The number of esters is 1. The van der Waals surface area contributed by atoms with Crippen LogP contribution in [0.4, 0.5) is 8.78 Å². The fraction of sp³-hybridized carbons (Fsp3) is 0.310. The van der Waals surface area contributed by atoms with Gasteiger partial charge in [0.25, 0.3) is 11.8 Å². The number of carbonyl (C=O) groups excluding carboxylic acids is 1. The van der Waals surface area contributed by atoms with Crippen LogP contribution in [0.2, 0.25) is 0 Å². The lowest BCUT2D eigenvalue weighted by atomic mass is 10.1. The number of nitrogens with one attached hydrogen (secondary N) is 2. The van der Waals surface area contributed by atoms with Gasteiger partial charge >= 0.3 is 5.97 Å². The zero-order valence-electron chi connectivity index (χ0n) is 23.4. The van der Waals surface area contributed by atoms with Crippen molar-refractivity contribution in [1.29, 1.82) is 5.41 Å². The number of aromatic nitrogens is 1. The van der Waals surface area contributed by atoms with Crippen LogP contribution in [0.15, 0.2) is 47.5 Å². The highest BCUT2D eigenvalue weighted by Crippen LogP contribution is 2.40. The molecule has 0 spiro atoms. The van der Waals surface area contributed by atoms with E-state index in [2.05, 4.69) is 15.3 Å². The number of benzene rings is 2. The van der Waals surface area contributed by atoms with E-state index in [1.54, 1.807) is 25.1 Å². The van der Waals surface area contributed by atoms with Gasteiger partial charge < -0.3 is 40.0 Å². The summed E-state index contributed by atoms with van der Waals surface area (Å²) in [4.78, 5) is 22.8. The highest BCUT2D eigenvalue weighted by Gasteiger charge is 2.38. The Morgan fingerprint density at radius 3 is 2.65 bits per heavy atom. The molecule has 0 aliphatic carbocycles. The van der Waals surface area contributed by atoms with E-state index in [0.717, 1.165) is 12.4 Å². The fourth-order valence-corrected chi connectivity index (χ4v) is 4.67. The first kappa shape index (κ1) is 29.5. The van der Waals surface area contributed by atoms with Crippen molar-refractivity contribution in [3.8, 4) is 34.8 Å². The van der Waals surface area contributed by atoms with Crippen LogP contribution in [0.25, 0.3) is 0 Å². The van der Waals surface area contributed by atoms with Gasteiger partial charge in [0.2, 0.25) is 17.4 Å². The Labute approximate surface area is 245 Å². The van der Waals surface area contributed by atoms with Crippen LogP contribution < -0.4 is 25.3 Å². The maximum atomic E-state index is 15.9. The van der Waals surface area contributed by atoms with Crippen LogP contribution in [-0.4, -0.2) is 78.1 Å². The quantitative estimate of drug-likeness (QED) is 0.155. The molecule has 5 N–H and O–H groups in total. The number of aliphatic imine (C=N–C) groups is 1. The minimum absolute atomic E-state index is 0.113. The van der Waals surface area contributed by atoms with Gasteiger partial charge in [-0.1, -0.05) is 12.1 Å². The number of hydrogen-bond donors (Lipinski definition) is 4. The van der Waals surface area contributed by atoms with E-state index in [9.17, 15) is 9.90 Å². The first-order chi connectivity index (χ1) is 20.7. The number of ether oxygens (including phenoxy) is 4. The number of phenolic OH excluding ortho intramolecular Hbond substituents is 1. The summed E-state index contributed by atoms with van der Waals surface area (Å²) < 4.78 is 53.9. The highest BCUT2D eigenvalue weighted by molar-refractivity contribution is 6.00. The molecule has 3 heterocycles. The predicted molar refractivity (Wildman–Crippen MR) is 151 cm³/mol. The third kappa shape index (κ3) is 6.28. The summed E-state index contributed by atoms with van der Waals surface area (Å²) in [5.74, 6) is -5.80. The predicted octanol–water partition coefficient (Wildman–Crippen LogP) is 3.30. The number of nitrogen functional groups attached to an aromatic ring is 1. The first-order valence-electron chi connectivity index (χ1n) is 13.5. The average molecular weight is 597 g/mol. The molecule has 43 heavy (non-hydrogen) atoms. The lowest BCUT2D eigenvalue weighted by Crippen LogP contribution is -2.42. The molecule has 2 aliphatic rings. The molecule has 0 radical (unpaired) electrons. The summed E-state index contributed by atoms with van der Waals surface area (Å²) >= 11 is 0. The third-order valence-corrected chi connectivity index (χ3v) is 6.79. The molecule has 0 amide bonds. The Balaban J connectivity index is 1.54. The number of hydrogen-bond acceptors (Lipinski definition) is 11. The van der Waals surface area contributed by atoms with Crippen molar-refractivity contribution in [3.05, 3.63) is 65.2 Å². The van der Waals surface area contributed by atoms with Crippen LogP contribution in [0, 0.1) is 17.0 Å². The molecule has 226 valence electrons. The molecule has 1 saturated heterocycles. The Morgan fingerprint density at radius 2 is 1.95 bits per heavy atom. The molecular weight excluding hydrogens is 566 g/mol. The zero-order chi connectivity index (χ0) is 30.7. The van der Waals surface area contributed by atoms with Crippen LogP contribution in [0.5, 0.6) is 34.8 Å². The Bertz CT molecular complexity index is 1590. The van der Waals surface area contributed by atoms with Crippen molar-refractivity contribution < 1.29 is 37.6 Å². The molecule has 0 saturated carbocycles. The van der Waals surface area contributed by atoms with Gasteiger partial charge in [-0.05, 0) is 50.2 Å². The molecule has 2 unspecified atom stereocenters. The zero-order valence-corrected chi connectivity index (χ0v) is 23.4. The van der Waals surface area contributed by atoms with Crippen molar-refractivity contribution in [3.63, 3.8) is 0 Å². The van der Waals surface area contributed by atoms with E-state index in [1.165, 1.54) is 18.2 Å². The van der Waals surface area contributed by atoms with Crippen molar-refractivity contribution in [2.24, 2.45) is 10.7 Å². The summed E-state index contributed by atoms with van der Waals surface area (Å²) in [5, 5.41) is 20.9. The van der Waals surface area contributed by atoms with Gasteiger partial charge in [0.05, 0.1) is 13.2 Å². The van der Waals surface area contributed by atoms with Crippen LogP contribution in [0.3, 0.4) is 0 Å². The summed E-state index contributed by atoms with van der Waals surface area (Å²) in [6.07, 6.45) is -0.740. The Kier molecular flexibility index (Phi) is 8.57. The summed E-state index contributed by atoms with van der Waals surface area (Å²) in [6.45, 7) is 3.47. The molecule has 1 fully saturated rings. The van der Waals surface area contributed by atoms with Gasteiger partial charge in [-0.2, -0.15) is 13.8 Å². The second kappa shape index (κ2) is 12.5. The maximum Gasteiger partial charge on any atom is 0.326 e. The lowest BCUT2D eigenvalue weighted by molar-refractivity contribution is -0.147. The van der Waals surface area contributed by atoms with Gasteiger partial charge in [0, 0.05) is 24.7 Å². The second-order valence-corrected chi connectivity index (χ2v) is 9.76. The number of phenols is 1. The van der Waals surface area contributed by atoms with Crippen LogP contribution in [0.1, 0.15) is 24.5 Å². The van der Waals surface area contributed by atoms with Crippen LogP contribution >= 0.6 is 0 Å². The SMILES string of the molecule is CCOC(=O)C1NCCC1Oc1c(F)c(Oc2cccc(C3=NCCN3C)c2)nc(Oc2cc(C(=N)N)ccc2O)c1F. The summed E-state index contributed by atoms with van der Waals surface area (Å²) in [7, 11) is 1.89. The molecule has 1 aromatic heterocycles. The van der Waals surface area contributed by atoms with Gasteiger partial charge in [-0.15, -0.1) is 0 Å². The van der Waals surface area contributed by atoms with E-state index in [0.29, 0.717) is 18.7 Å². The molecule has 12 nitrogen and oxygen atoms in total. The number of aromatic hydroxyl groups is 1. The topological polar surface area (TPSA) is 165 Å². The van der Waals surface area contributed by atoms with Gasteiger partial charge in [-0.25, -0.2) is 0 Å². The van der Waals surface area contributed by atoms with E-state index in [4.69, 9.17) is 30.1 Å². The smallest absolute Gasteiger partial charge is 0.326 e. The molecule has 2 aromatic carbocycles. The van der Waals surface area contributed by atoms with E-state index in [1.807, 2.05) is 18.0 Å². The third-order valence-electron chi connectivity index (χ3n) is 6.79. The van der Waals surface area contributed by atoms with Crippen molar-refractivity contribution in [2.75, 3.05) is 33.3 Å². The molecule has 2 atom stereocenters. The maximum absolute atomic E-state index is 15.9. The molecule has 0 bridgehead atoms. The number of likely N-dealkylation sites (N-methyl/N-ethyl adjacent to an activating group) is 1. The summed E-state index contributed by atoms with van der Waals surface area (Å²) in [5.41, 5.74) is 6.43. The fourth-order valence-electron chi connectivity index (χ4n) is 4.67. The first-order valence-corrected chi connectivity index (χ1v) is 13.5. The molecule has 14 heteroatoms. The number of rotatable bonds is 10. The average Bonchev–Trinajstić information content (AvgIpc) is 3.63. The normalized spacial score (nSPS) is 17.9. The monoisotopic (exact) mass is 596 g/mol.